The minimum Gasteiger partial charge on any atom is -0.484 e. The number of nitrogens with one attached hydrogen (secondary N) is 2. The molecule has 1 aliphatic rings. The van der Waals surface area contributed by atoms with Gasteiger partial charge in [-0.25, -0.2) is 4.98 Å². The molecule has 0 bridgehead atoms. The molecular weight excluding hydrogens is 362 g/mol. The van der Waals surface area contributed by atoms with Crippen molar-refractivity contribution in [3.8, 4) is 5.75 Å². The fourth-order valence-electron chi connectivity index (χ4n) is 3.79. The Kier molecular flexibility index (Phi) is 5.94. The number of benzene rings is 2. The molecule has 3 aromatic rings. The zero-order chi connectivity index (χ0) is 20.1. The molecule has 1 amide bonds. The van der Waals surface area contributed by atoms with E-state index in [1.807, 2.05) is 55.5 Å². The van der Waals surface area contributed by atoms with Crippen molar-refractivity contribution in [3.63, 3.8) is 0 Å². The topological polar surface area (TPSA) is 63.2 Å². The molecule has 1 heterocycles. The number of aromatic nitrogens is 1. The molecule has 150 valence electrons. The highest BCUT2D eigenvalue weighted by atomic mass is 16.5. The molecular formula is C24H27N3O2. The highest BCUT2D eigenvalue weighted by molar-refractivity contribution is 5.80. The molecule has 0 aliphatic heterocycles. The molecule has 29 heavy (non-hydrogen) atoms. The predicted molar refractivity (Wildman–Crippen MR) is 116 cm³/mol. The third-order valence-corrected chi connectivity index (χ3v) is 5.43. The Labute approximate surface area is 171 Å². The SMILES string of the molecule is Cc1ccc(OCC(=O)NC2CCC(Nc3ccc4ccccc4n3)CC2)cc1. The van der Waals surface area contributed by atoms with Crippen molar-refractivity contribution in [2.24, 2.45) is 0 Å². The van der Waals surface area contributed by atoms with Crippen LogP contribution in [0.3, 0.4) is 0 Å². The van der Waals surface area contributed by atoms with Gasteiger partial charge in [0.15, 0.2) is 6.61 Å². The number of nitrogens with zero attached hydrogens (tertiary/aromatic N) is 1. The van der Waals surface area contributed by atoms with E-state index in [0.717, 1.165) is 48.2 Å². The summed E-state index contributed by atoms with van der Waals surface area (Å²) in [6.45, 7) is 2.08. The highest BCUT2D eigenvalue weighted by Crippen LogP contribution is 2.23. The van der Waals surface area contributed by atoms with Crippen LogP contribution in [0.1, 0.15) is 31.2 Å². The van der Waals surface area contributed by atoms with Crippen molar-refractivity contribution in [2.75, 3.05) is 11.9 Å². The first-order valence-corrected chi connectivity index (χ1v) is 10.3. The number of amides is 1. The van der Waals surface area contributed by atoms with Gasteiger partial charge in [-0.3, -0.25) is 4.79 Å². The number of ether oxygens (including phenoxy) is 1. The molecule has 5 nitrogen and oxygen atoms in total. The lowest BCUT2D eigenvalue weighted by molar-refractivity contribution is -0.124. The molecule has 1 aromatic heterocycles. The summed E-state index contributed by atoms with van der Waals surface area (Å²) in [4.78, 5) is 16.9. The Morgan fingerprint density at radius 2 is 1.69 bits per heavy atom. The average molecular weight is 389 g/mol. The van der Waals surface area contributed by atoms with E-state index in [4.69, 9.17) is 9.72 Å². The molecule has 5 heteroatoms. The quantitative estimate of drug-likeness (QED) is 0.653. The van der Waals surface area contributed by atoms with Crippen LogP contribution in [-0.2, 0) is 4.79 Å². The van der Waals surface area contributed by atoms with Gasteiger partial charge in [-0.2, -0.15) is 0 Å². The molecule has 1 fully saturated rings. The van der Waals surface area contributed by atoms with Crippen molar-refractivity contribution in [1.29, 1.82) is 0 Å². The van der Waals surface area contributed by atoms with Gasteiger partial charge in [0.2, 0.25) is 0 Å². The second-order valence-electron chi connectivity index (χ2n) is 7.75. The summed E-state index contributed by atoms with van der Waals surface area (Å²) in [5.74, 6) is 1.59. The maximum atomic E-state index is 12.2. The Morgan fingerprint density at radius 3 is 2.48 bits per heavy atom. The smallest absolute Gasteiger partial charge is 0.258 e. The van der Waals surface area contributed by atoms with E-state index in [2.05, 4.69) is 22.8 Å². The number of aryl methyl sites for hydroxylation is 1. The van der Waals surface area contributed by atoms with Crippen LogP contribution >= 0.6 is 0 Å². The van der Waals surface area contributed by atoms with Crippen LogP contribution in [0.25, 0.3) is 10.9 Å². The Hall–Kier alpha value is -3.08. The summed E-state index contributed by atoms with van der Waals surface area (Å²) >= 11 is 0. The number of pyridine rings is 1. The number of rotatable bonds is 6. The molecule has 1 saturated carbocycles. The molecule has 0 radical (unpaired) electrons. The zero-order valence-corrected chi connectivity index (χ0v) is 16.7. The van der Waals surface area contributed by atoms with E-state index in [1.165, 1.54) is 5.56 Å². The minimum absolute atomic E-state index is 0.0572. The van der Waals surface area contributed by atoms with Crippen molar-refractivity contribution in [2.45, 2.75) is 44.7 Å². The number of carbonyl (C=O) groups excluding carboxylic acids is 1. The highest BCUT2D eigenvalue weighted by Gasteiger charge is 2.22. The first-order chi connectivity index (χ1) is 14.2. The Balaban J connectivity index is 1.21. The number of carbonyl (C=O) groups is 1. The lowest BCUT2D eigenvalue weighted by Gasteiger charge is -2.30. The van der Waals surface area contributed by atoms with E-state index in [9.17, 15) is 4.79 Å². The molecule has 2 N–H and O–H groups in total. The van der Waals surface area contributed by atoms with Crippen LogP contribution in [0, 0.1) is 6.92 Å². The van der Waals surface area contributed by atoms with E-state index in [1.54, 1.807) is 0 Å². The Morgan fingerprint density at radius 1 is 0.966 bits per heavy atom. The van der Waals surface area contributed by atoms with Crippen LogP contribution in [0.5, 0.6) is 5.75 Å². The number of anilines is 1. The van der Waals surface area contributed by atoms with E-state index < -0.39 is 0 Å². The summed E-state index contributed by atoms with van der Waals surface area (Å²) in [7, 11) is 0. The van der Waals surface area contributed by atoms with Crippen molar-refractivity contribution >= 4 is 22.6 Å². The van der Waals surface area contributed by atoms with Gasteiger partial charge in [0, 0.05) is 17.5 Å². The van der Waals surface area contributed by atoms with Gasteiger partial charge < -0.3 is 15.4 Å². The first-order valence-electron chi connectivity index (χ1n) is 10.3. The molecule has 4 rings (SSSR count). The lowest BCUT2D eigenvalue weighted by atomic mass is 9.91. The fourth-order valence-corrected chi connectivity index (χ4v) is 3.79. The number of fused-ring (bicyclic) bond motifs is 1. The van der Waals surface area contributed by atoms with Crippen LogP contribution in [0.4, 0.5) is 5.82 Å². The number of hydrogen-bond donors (Lipinski definition) is 2. The predicted octanol–water partition coefficient (Wildman–Crippen LogP) is 4.46. The maximum Gasteiger partial charge on any atom is 0.258 e. The third kappa shape index (κ3) is 5.25. The summed E-state index contributed by atoms with van der Waals surface area (Å²) in [6, 6.07) is 20.6. The minimum atomic E-state index is -0.0572. The summed E-state index contributed by atoms with van der Waals surface area (Å²) in [5.41, 5.74) is 2.18. The van der Waals surface area contributed by atoms with E-state index in [-0.39, 0.29) is 18.6 Å². The van der Waals surface area contributed by atoms with Crippen LogP contribution in [-0.4, -0.2) is 29.6 Å². The van der Waals surface area contributed by atoms with Crippen molar-refractivity contribution in [3.05, 3.63) is 66.2 Å². The van der Waals surface area contributed by atoms with Gasteiger partial charge in [0.1, 0.15) is 11.6 Å². The van der Waals surface area contributed by atoms with E-state index in [0.29, 0.717) is 6.04 Å². The van der Waals surface area contributed by atoms with Gasteiger partial charge in [-0.15, -0.1) is 0 Å². The second kappa shape index (κ2) is 8.95. The Bertz CT molecular complexity index is 963. The van der Waals surface area contributed by atoms with Crippen molar-refractivity contribution < 1.29 is 9.53 Å². The van der Waals surface area contributed by atoms with Gasteiger partial charge in [0.25, 0.3) is 5.91 Å². The molecule has 0 spiro atoms. The third-order valence-electron chi connectivity index (χ3n) is 5.43. The molecule has 0 unspecified atom stereocenters. The molecule has 1 aliphatic carbocycles. The zero-order valence-electron chi connectivity index (χ0n) is 16.7. The lowest BCUT2D eigenvalue weighted by Crippen LogP contribution is -2.42. The van der Waals surface area contributed by atoms with Gasteiger partial charge >= 0.3 is 0 Å². The normalized spacial score (nSPS) is 18.9. The number of hydrogen-bond acceptors (Lipinski definition) is 4. The van der Waals surface area contributed by atoms with Crippen LogP contribution in [0.15, 0.2) is 60.7 Å². The average Bonchev–Trinajstić information content (AvgIpc) is 2.75. The monoisotopic (exact) mass is 389 g/mol. The van der Waals surface area contributed by atoms with Crippen molar-refractivity contribution in [1.82, 2.24) is 10.3 Å². The maximum absolute atomic E-state index is 12.2. The number of para-hydroxylation sites is 1. The van der Waals surface area contributed by atoms with Crippen LogP contribution in [0.2, 0.25) is 0 Å². The molecule has 2 aromatic carbocycles. The molecule has 0 atom stereocenters. The summed E-state index contributed by atoms with van der Waals surface area (Å²) < 4.78 is 5.57. The summed E-state index contributed by atoms with van der Waals surface area (Å²) in [6.07, 6.45) is 3.94. The largest absolute Gasteiger partial charge is 0.484 e. The van der Waals surface area contributed by atoms with Gasteiger partial charge in [0.05, 0.1) is 5.52 Å². The van der Waals surface area contributed by atoms with E-state index >= 15 is 0 Å². The molecule has 0 saturated heterocycles. The van der Waals surface area contributed by atoms with Gasteiger partial charge in [-0.05, 0) is 62.9 Å². The van der Waals surface area contributed by atoms with Crippen LogP contribution < -0.4 is 15.4 Å². The van der Waals surface area contributed by atoms with Gasteiger partial charge in [-0.1, -0.05) is 35.9 Å². The standard InChI is InChI=1S/C24H27N3O2/c1-17-6-13-21(14-7-17)29-16-24(28)26-20-11-9-19(10-12-20)25-23-15-8-18-4-2-3-5-22(18)27-23/h2-8,13-15,19-20H,9-12,16H2,1H3,(H,25,27)(H,26,28). The fraction of sp³-hybridized carbons (Fsp3) is 0.333. The second-order valence-corrected chi connectivity index (χ2v) is 7.75. The summed E-state index contributed by atoms with van der Waals surface area (Å²) in [5, 5.41) is 7.80. The first kappa shape index (κ1) is 19.2.